The van der Waals surface area contributed by atoms with Crippen LogP contribution in [0.2, 0.25) is 0 Å². The zero-order valence-electron chi connectivity index (χ0n) is 13.4. The number of hydrogen-bond donors (Lipinski definition) is 2. The number of para-hydroxylation sites is 1. The number of hydrogen-bond acceptors (Lipinski definition) is 4. The van der Waals surface area contributed by atoms with Crippen LogP contribution in [-0.4, -0.2) is 56.7 Å². The topological polar surface area (TPSA) is 53.6 Å². The Bertz CT molecular complexity index is 486. The highest BCUT2D eigenvalue weighted by atomic mass is 35.5. The van der Waals surface area contributed by atoms with Gasteiger partial charge in [0.25, 0.3) is 0 Å². The maximum atomic E-state index is 12.0. The number of piperidine rings is 1. The van der Waals surface area contributed by atoms with E-state index >= 15 is 0 Å². The highest BCUT2D eigenvalue weighted by Gasteiger charge is 2.33. The van der Waals surface area contributed by atoms with Crippen molar-refractivity contribution in [1.82, 2.24) is 15.5 Å². The summed E-state index contributed by atoms with van der Waals surface area (Å²) in [7, 11) is 0. The number of nitrogens with zero attached hydrogens (tertiary/aromatic N) is 1. The van der Waals surface area contributed by atoms with Gasteiger partial charge in [0.15, 0.2) is 0 Å². The van der Waals surface area contributed by atoms with Gasteiger partial charge in [-0.3, -0.25) is 9.69 Å². The van der Waals surface area contributed by atoms with Crippen LogP contribution in [0.3, 0.4) is 0 Å². The van der Waals surface area contributed by atoms with Crippen LogP contribution >= 0.6 is 12.4 Å². The van der Waals surface area contributed by atoms with Crippen LogP contribution in [0.4, 0.5) is 0 Å². The molecule has 23 heavy (non-hydrogen) atoms. The first-order chi connectivity index (χ1) is 10.8. The van der Waals surface area contributed by atoms with Crippen molar-refractivity contribution < 1.29 is 9.53 Å². The molecule has 2 heterocycles. The van der Waals surface area contributed by atoms with E-state index in [0.29, 0.717) is 19.7 Å². The van der Waals surface area contributed by atoms with Crippen molar-refractivity contribution in [2.24, 2.45) is 11.8 Å². The summed E-state index contributed by atoms with van der Waals surface area (Å²) < 4.78 is 5.57. The summed E-state index contributed by atoms with van der Waals surface area (Å²) in [5.41, 5.74) is 0. The summed E-state index contributed by atoms with van der Waals surface area (Å²) in [6.07, 6.45) is 1.21. The van der Waals surface area contributed by atoms with E-state index in [0.717, 1.165) is 43.8 Å². The standard InChI is InChI=1S/C17H25N3O2.ClH/c21-17(19-7-9-22-16-4-2-1-3-5-16)13-20-8-6-14-10-18-11-15(14)12-20;/h1-5,14-15,18H,6-13H2,(H,19,21);1H. The number of fused-ring (bicyclic) bond motifs is 1. The highest BCUT2D eigenvalue weighted by molar-refractivity contribution is 5.85. The van der Waals surface area contributed by atoms with E-state index in [4.69, 9.17) is 4.74 Å². The Morgan fingerprint density at radius 1 is 1.26 bits per heavy atom. The SMILES string of the molecule is Cl.O=C(CN1CCC2CNCC2C1)NCCOc1ccccc1. The van der Waals surface area contributed by atoms with Crippen LogP contribution in [0.5, 0.6) is 5.75 Å². The Morgan fingerprint density at radius 3 is 2.87 bits per heavy atom. The smallest absolute Gasteiger partial charge is 0.234 e. The number of amides is 1. The first-order valence-electron chi connectivity index (χ1n) is 8.19. The predicted molar refractivity (Wildman–Crippen MR) is 93.1 cm³/mol. The average Bonchev–Trinajstić information content (AvgIpc) is 3.00. The van der Waals surface area contributed by atoms with Gasteiger partial charge in [-0.25, -0.2) is 0 Å². The zero-order valence-corrected chi connectivity index (χ0v) is 14.2. The number of nitrogens with one attached hydrogen (secondary N) is 2. The second kappa shape index (κ2) is 9.11. The summed E-state index contributed by atoms with van der Waals surface area (Å²) in [6, 6.07) is 9.67. The largest absolute Gasteiger partial charge is 0.492 e. The molecule has 0 saturated carbocycles. The summed E-state index contributed by atoms with van der Waals surface area (Å²) in [5, 5.41) is 6.39. The van der Waals surface area contributed by atoms with Crippen molar-refractivity contribution in [2.75, 3.05) is 45.9 Å². The molecular weight excluding hydrogens is 314 g/mol. The van der Waals surface area contributed by atoms with Crippen molar-refractivity contribution in [3.05, 3.63) is 30.3 Å². The number of rotatable bonds is 6. The van der Waals surface area contributed by atoms with E-state index in [1.807, 2.05) is 30.3 Å². The highest BCUT2D eigenvalue weighted by Crippen LogP contribution is 2.26. The van der Waals surface area contributed by atoms with Crippen molar-refractivity contribution in [3.63, 3.8) is 0 Å². The van der Waals surface area contributed by atoms with Gasteiger partial charge in [-0.15, -0.1) is 12.4 Å². The molecule has 0 aromatic heterocycles. The molecule has 0 aliphatic carbocycles. The van der Waals surface area contributed by atoms with Gasteiger partial charge in [-0.05, 0) is 50.0 Å². The molecule has 128 valence electrons. The molecule has 0 radical (unpaired) electrons. The Labute approximate surface area is 144 Å². The molecule has 2 N–H and O–H groups in total. The monoisotopic (exact) mass is 339 g/mol. The summed E-state index contributed by atoms with van der Waals surface area (Å²) in [4.78, 5) is 14.3. The number of benzene rings is 1. The van der Waals surface area contributed by atoms with Gasteiger partial charge in [-0.1, -0.05) is 18.2 Å². The quantitative estimate of drug-likeness (QED) is 0.763. The minimum atomic E-state index is 0. The molecule has 2 aliphatic heterocycles. The van der Waals surface area contributed by atoms with Gasteiger partial charge >= 0.3 is 0 Å². The third-order valence-corrected chi connectivity index (χ3v) is 4.59. The van der Waals surface area contributed by atoms with Gasteiger partial charge in [0, 0.05) is 6.54 Å². The minimum Gasteiger partial charge on any atom is -0.492 e. The third-order valence-electron chi connectivity index (χ3n) is 4.59. The number of halogens is 1. The molecule has 5 nitrogen and oxygen atoms in total. The minimum absolute atomic E-state index is 0. The van der Waals surface area contributed by atoms with Gasteiger partial charge < -0.3 is 15.4 Å². The molecule has 0 spiro atoms. The zero-order chi connectivity index (χ0) is 15.2. The third kappa shape index (κ3) is 5.37. The van der Waals surface area contributed by atoms with E-state index < -0.39 is 0 Å². The molecule has 2 saturated heterocycles. The van der Waals surface area contributed by atoms with E-state index in [2.05, 4.69) is 15.5 Å². The van der Waals surface area contributed by atoms with E-state index in [1.54, 1.807) is 0 Å². The molecule has 0 bridgehead atoms. The van der Waals surface area contributed by atoms with Crippen LogP contribution in [0.15, 0.2) is 30.3 Å². The number of carbonyl (C=O) groups excluding carboxylic acids is 1. The molecule has 2 atom stereocenters. The molecule has 2 aliphatic rings. The summed E-state index contributed by atoms with van der Waals surface area (Å²) in [6.45, 7) is 5.91. The van der Waals surface area contributed by atoms with Gasteiger partial charge in [0.05, 0.1) is 13.1 Å². The average molecular weight is 340 g/mol. The summed E-state index contributed by atoms with van der Waals surface area (Å²) in [5.74, 6) is 2.48. The van der Waals surface area contributed by atoms with Crippen LogP contribution in [0, 0.1) is 11.8 Å². The normalized spacial score (nSPS) is 23.7. The van der Waals surface area contributed by atoms with E-state index in [1.165, 1.54) is 6.42 Å². The fraction of sp³-hybridized carbons (Fsp3) is 0.588. The van der Waals surface area contributed by atoms with Gasteiger partial charge in [-0.2, -0.15) is 0 Å². The van der Waals surface area contributed by atoms with Crippen LogP contribution in [0.25, 0.3) is 0 Å². The molecule has 6 heteroatoms. The lowest BCUT2D eigenvalue weighted by atomic mass is 9.89. The molecular formula is C17H26ClN3O2. The van der Waals surface area contributed by atoms with Crippen LogP contribution in [-0.2, 0) is 4.79 Å². The number of likely N-dealkylation sites (tertiary alicyclic amines) is 1. The van der Waals surface area contributed by atoms with E-state index in [-0.39, 0.29) is 18.3 Å². The Kier molecular flexibility index (Phi) is 7.15. The van der Waals surface area contributed by atoms with Gasteiger partial charge in [0.1, 0.15) is 12.4 Å². The Morgan fingerprint density at radius 2 is 2.04 bits per heavy atom. The fourth-order valence-corrected chi connectivity index (χ4v) is 3.39. The van der Waals surface area contributed by atoms with Crippen LogP contribution in [0.1, 0.15) is 6.42 Å². The van der Waals surface area contributed by atoms with Crippen LogP contribution < -0.4 is 15.4 Å². The summed E-state index contributed by atoms with van der Waals surface area (Å²) >= 11 is 0. The predicted octanol–water partition coefficient (Wildman–Crippen LogP) is 1.14. The molecule has 1 aromatic rings. The second-order valence-electron chi connectivity index (χ2n) is 6.21. The molecule has 1 aromatic carbocycles. The van der Waals surface area contributed by atoms with Crippen molar-refractivity contribution >= 4 is 18.3 Å². The number of carbonyl (C=O) groups is 1. The lowest BCUT2D eigenvalue weighted by molar-refractivity contribution is -0.122. The lowest BCUT2D eigenvalue weighted by Crippen LogP contribution is -2.45. The van der Waals surface area contributed by atoms with Crippen molar-refractivity contribution in [1.29, 1.82) is 0 Å². The fourth-order valence-electron chi connectivity index (χ4n) is 3.39. The molecule has 2 fully saturated rings. The first-order valence-corrected chi connectivity index (χ1v) is 8.19. The van der Waals surface area contributed by atoms with Gasteiger partial charge in [0.2, 0.25) is 5.91 Å². The first kappa shape index (κ1) is 18.0. The van der Waals surface area contributed by atoms with Crippen molar-refractivity contribution in [3.8, 4) is 5.75 Å². The number of ether oxygens (including phenoxy) is 1. The maximum Gasteiger partial charge on any atom is 0.234 e. The Balaban J connectivity index is 0.00000192. The van der Waals surface area contributed by atoms with Crippen molar-refractivity contribution in [2.45, 2.75) is 6.42 Å². The Hall–Kier alpha value is -1.30. The molecule has 1 amide bonds. The molecule has 3 rings (SSSR count). The lowest BCUT2D eigenvalue weighted by Gasteiger charge is -2.33. The maximum absolute atomic E-state index is 12.0. The molecule has 2 unspecified atom stereocenters. The second-order valence-corrected chi connectivity index (χ2v) is 6.21. The van der Waals surface area contributed by atoms with E-state index in [9.17, 15) is 4.79 Å².